The van der Waals surface area contributed by atoms with Gasteiger partial charge in [-0.15, -0.1) is 0 Å². The molecule has 0 aliphatic carbocycles. The van der Waals surface area contributed by atoms with Gasteiger partial charge in [0.1, 0.15) is 17.1 Å². The van der Waals surface area contributed by atoms with Gasteiger partial charge in [0.15, 0.2) is 0 Å². The first-order valence-electron chi connectivity index (χ1n) is 9.28. The van der Waals surface area contributed by atoms with Crippen LogP contribution in [0.25, 0.3) is 11.1 Å². The standard InChI is InChI=1S/C21H24FN3O2/c1-13-10-14(16-12-15(27-3)4-5-17(16)22)11-19(23-13)18-6-7-21(24-18)8-9-25(2)20(21)26/h4-5,10-12,18,24H,6-9H2,1-3H3/t18-,21+/m1/s1. The summed E-state index contributed by atoms with van der Waals surface area (Å²) in [5.41, 5.74) is 2.47. The van der Waals surface area contributed by atoms with E-state index in [0.29, 0.717) is 11.3 Å². The van der Waals surface area contributed by atoms with Crippen LogP contribution >= 0.6 is 0 Å². The summed E-state index contributed by atoms with van der Waals surface area (Å²) in [6, 6.07) is 8.52. The lowest BCUT2D eigenvalue weighted by atomic mass is 9.96. The quantitative estimate of drug-likeness (QED) is 0.903. The summed E-state index contributed by atoms with van der Waals surface area (Å²) >= 11 is 0. The molecule has 2 aliphatic heterocycles. The van der Waals surface area contributed by atoms with Crippen molar-refractivity contribution >= 4 is 5.91 Å². The van der Waals surface area contributed by atoms with Gasteiger partial charge in [-0.3, -0.25) is 15.1 Å². The van der Waals surface area contributed by atoms with E-state index in [1.807, 2.05) is 26.1 Å². The van der Waals surface area contributed by atoms with Crippen LogP contribution in [-0.4, -0.2) is 42.0 Å². The zero-order chi connectivity index (χ0) is 19.2. The van der Waals surface area contributed by atoms with Crippen LogP contribution in [0.4, 0.5) is 4.39 Å². The Hall–Kier alpha value is -2.47. The number of hydrogen-bond donors (Lipinski definition) is 1. The smallest absolute Gasteiger partial charge is 0.242 e. The third kappa shape index (κ3) is 3.08. The Morgan fingerprint density at radius 3 is 2.81 bits per heavy atom. The Kier molecular flexibility index (Phi) is 4.38. The van der Waals surface area contributed by atoms with Gasteiger partial charge in [-0.2, -0.15) is 0 Å². The number of methoxy groups -OCH3 is 1. The highest BCUT2D eigenvalue weighted by Crippen LogP contribution is 2.39. The molecule has 27 heavy (non-hydrogen) atoms. The first-order chi connectivity index (χ1) is 12.9. The van der Waals surface area contributed by atoms with Gasteiger partial charge in [-0.25, -0.2) is 4.39 Å². The summed E-state index contributed by atoms with van der Waals surface area (Å²) in [5.74, 6) is 0.479. The number of aryl methyl sites for hydroxylation is 1. The molecule has 6 heteroatoms. The third-order valence-corrected chi connectivity index (χ3v) is 5.76. The molecule has 2 aromatic rings. The molecule has 2 atom stereocenters. The normalized spacial score (nSPS) is 24.8. The van der Waals surface area contributed by atoms with Crippen molar-refractivity contribution in [3.63, 3.8) is 0 Å². The summed E-state index contributed by atoms with van der Waals surface area (Å²) in [5, 5.41) is 3.53. The largest absolute Gasteiger partial charge is 0.497 e. The number of hydrogen-bond acceptors (Lipinski definition) is 4. The van der Waals surface area contributed by atoms with E-state index in [0.717, 1.165) is 42.8 Å². The maximum atomic E-state index is 14.4. The number of nitrogens with one attached hydrogen (secondary N) is 1. The number of likely N-dealkylation sites (N-methyl/N-ethyl adjacent to an activating group) is 1. The van der Waals surface area contributed by atoms with E-state index < -0.39 is 5.54 Å². The van der Waals surface area contributed by atoms with Crippen molar-refractivity contribution in [3.8, 4) is 16.9 Å². The van der Waals surface area contributed by atoms with Crippen molar-refractivity contribution in [1.29, 1.82) is 0 Å². The van der Waals surface area contributed by atoms with Gasteiger partial charge in [0.2, 0.25) is 5.91 Å². The number of amides is 1. The van der Waals surface area contributed by atoms with Crippen LogP contribution in [0.1, 0.15) is 36.7 Å². The number of pyridine rings is 1. The predicted molar refractivity (Wildman–Crippen MR) is 101 cm³/mol. The number of benzene rings is 1. The van der Waals surface area contributed by atoms with Crippen molar-refractivity contribution < 1.29 is 13.9 Å². The van der Waals surface area contributed by atoms with Crippen molar-refractivity contribution in [3.05, 3.63) is 47.5 Å². The Morgan fingerprint density at radius 1 is 1.30 bits per heavy atom. The molecule has 1 N–H and O–H groups in total. The average Bonchev–Trinajstić information content (AvgIpc) is 3.22. The summed E-state index contributed by atoms with van der Waals surface area (Å²) < 4.78 is 19.7. The molecule has 142 valence electrons. The van der Waals surface area contributed by atoms with Gasteiger partial charge in [0.05, 0.1) is 18.8 Å². The Balaban J connectivity index is 1.67. The lowest BCUT2D eigenvalue weighted by Crippen LogP contribution is -2.47. The molecular weight excluding hydrogens is 345 g/mol. The zero-order valence-corrected chi connectivity index (χ0v) is 15.9. The molecule has 1 spiro atoms. The number of rotatable bonds is 3. The third-order valence-electron chi connectivity index (χ3n) is 5.76. The Bertz CT molecular complexity index is 901. The highest BCUT2D eigenvalue weighted by atomic mass is 19.1. The lowest BCUT2D eigenvalue weighted by Gasteiger charge is -2.23. The molecule has 2 aliphatic rings. The van der Waals surface area contributed by atoms with Gasteiger partial charge in [0.25, 0.3) is 0 Å². The van der Waals surface area contributed by atoms with Crippen LogP contribution < -0.4 is 10.1 Å². The number of likely N-dealkylation sites (tertiary alicyclic amines) is 1. The van der Waals surface area contributed by atoms with Crippen molar-refractivity contribution in [2.45, 2.75) is 37.8 Å². The van der Waals surface area contributed by atoms with E-state index in [1.165, 1.54) is 6.07 Å². The van der Waals surface area contributed by atoms with E-state index in [9.17, 15) is 9.18 Å². The molecule has 1 aromatic heterocycles. The van der Waals surface area contributed by atoms with E-state index in [4.69, 9.17) is 4.74 Å². The van der Waals surface area contributed by atoms with E-state index >= 15 is 0 Å². The predicted octanol–water partition coefficient (Wildman–Crippen LogP) is 3.23. The number of carbonyl (C=O) groups is 1. The van der Waals surface area contributed by atoms with Gasteiger partial charge in [0, 0.05) is 24.8 Å². The first kappa shape index (κ1) is 17.9. The summed E-state index contributed by atoms with van der Waals surface area (Å²) in [6.45, 7) is 2.68. The molecule has 4 rings (SSSR count). The van der Waals surface area contributed by atoms with E-state index in [1.54, 1.807) is 24.1 Å². The van der Waals surface area contributed by atoms with Crippen LogP contribution in [0.3, 0.4) is 0 Å². The van der Waals surface area contributed by atoms with Gasteiger partial charge in [-0.1, -0.05) is 0 Å². The van der Waals surface area contributed by atoms with Crippen molar-refractivity contribution in [1.82, 2.24) is 15.2 Å². The number of halogens is 1. The van der Waals surface area contributed by atoms with Crippen molar-refractivity contribution in [2.75, 3.05) is 20.7 Å². The molecule has 2 saturated heterocycles. The number of nitrogens with zero attached hydrogens (tertiary/aromatic N) is 2. The SMILES string of the molecule is COc1ccc(F)c(-c2cc(C)nc([C@H]3CC[C@@]4(CCN(C)C4=O)N3)c2)c1. The molecule has 1 aromatic carbocycles. The van der Waals surface area contributed by atoms with E-state index in [2.05, 4.69) is 10.3 Å². The minimum absolute atomic E-state index is 0.00670. The highest BCUT2D eigenvalue weighted by Gasteiger charge is 2.50. The second-order valence-corrected chi connectivity index (χ2v) is 7.56. The van der Waals surface area contributed by atoms with Crippen LogP contribution in [-0.2, 0) is 4.79 Å². The van der Waals surface area contributed by atoms with Crippen molar-refractivity contribution in [2.24, 2.45) is 0 Å². The molecule has 0 saturated carbocycles. The fourth-order valence-electron chi connectivity index (χ4n) is 4.27. The topological polar surface area (TPSA) is 54.5 Å². The summed E-state index contributed by atoms with van der Waals surface area (Å²) in [4.78, 5) is 19.0. The molecule has 0 bridgehead atoms. The first-order valence-corrected chi connectivity index (χ1v) is 9.28. The summed E-state index contributed by atoms with van der Waals surface area (Å²) in [6.07, 6.45) is 2.47. The second kappa shape index (κ2) is 6.60. The fraction of sp³-hybridized carbons (Fsp3) is 0.429. The number of carbonyl (C=O) groups excluding carboxylic acids is 1. The van der Waals surface area contributed by atoms with Crippen LogP contribution in [0, 0.1) is 12.7 Å². The van der Waals surface area contributed by atoms with Gasteiger partial charge in [-0.05, 0) is 62.1 Å². The average molecular weight is 369 g/mol. The lowest BCUT2D eigenvalue weighted by molar-refractivity contribution is -0.131. The second-order valence-electron chi connectivity index (χ2n) is 7.56. The zero-order valence-electron chi connectivity index (χ0n) is 15.9. The fourth-order valence-corrected chi connectivity index (χ4v) is 4.27. The molecule has 5 nitrogen and oxygen atoms in total. The maximum absolute atomic E-state index is 14.4. The van der Waals surface area contributed by atoms with Gasteiger partial charge < -0.3 is 9.64 Å². The monoisotopic (exact) mass is 369 g/mol. The minimum atomic E-state index is -0.466. The Morgan fingerprint density at radius 2 is 2.11 bits per heavy atom. The highest BCUT2D eigenvalue weighted by molar-refractivity contribution is 5.88. The molecule has 1 amide bonds. The van der Waals surface area contributed by atoms with E-state index in [-0.39, 0.29) is 17.8 Å². The molecule has 0 unspecified atom stereocenters. The maximum Gasteiger partial charge on any atom is 0.242 e. The molecule has 0 radical (unpaired) electrons. The number of ether oxygens (including phenoxy) is 1. The van der Waals surface area contributed by atoms with Gasteiger partial charge >= 0.3 is 0 Å². The van der Waals surface area contributed by atoms with Crippen LogP contribution in [0.15, 0.2) is 30.3 Å². The molecule has 2 fully saturated rings. The van der Waals surface area contributed by atoms with Crippen LogP contribution in [0.5, 0.6) is 5.75 Å². The summed E-state index contributed by atoms with van der Waals surface area (Å²) in [7, 11) is 3.42. The molecule has 3 heterocycles. The Labute approximate surface area is 158 Å². The minimum Gasteiger partial charge on any atom is -0.497 e. The molecular formula is C21H24FN3O2. The number of aromatic nitrogens is 1. The van der Waals surface area contributed by atoms with Crippen LogP contribution in [0.2, 0.25) is 0 Å².